The van der Waals surface area contributed by atoms with Crippen molar-refractivity contribution in [3.05, 3.63) is 40.2 Å². The predicted molar refractivity (Wildman–Crippen MR) is 146 cm³/mol. The van der Waals surface area contributed by atoms with Gasteiger partial charge in [0.05, 0.1) is 38.5 Å². The van der Waals surface area contributed by atoms with Gasteiger partial charge in [0.1, 0.15) is 27.4 Å². The second-order valence-electron chi connectivity index (χ2n) is 8.67. The summed E-state index contributed by atoms with van der Waals surface area (Å²) in [6.45, 7) is 10.4. The first kappa shape index (κ1) is 28.3. The molecule has 0 spiro atoms. The van der Waals surface area contributed by atoms with Gasteiger partial charge in [-0.2, -0.15) is 4.99 Å². The van der Waals surface area contributed by atoms with Crippen LogP contribution in [0.1, 0.15) is 6.92 Å². The minimum Gasteiger partial charge on any atom is -0.495 e. The quantitative estimate of drug-likeness (QED) is 0.306. The van der Waals surface area contributed by atoms with Crippen LogP contribution in [0.15, 0.2) is 40.1 Å². The molecule has 2 atom stereocenters. The van der Waals surface area contributed by atoms with E-state index in [1.807, 2.05) is 14.0 Å². The lowest BCUT2D eigenvalue weighted by atomic mass is 10.1. The summed E-state index contributed by atoms with van der Waals surface area (Å²) in [5.41, 5.74) is 1.02. The molecule has 2 unspecified atom stereocenters. The molecule has 0 radical (unpaired) electrons. The van der Waals surface area contributed by atoms with Crippen LogP contribution in [0.25, 0.3) is 0 Å². The molecular formula is C24H31Cl2N7O4. The van der Waals surface area contributed by atoms with Crippen LogP contribution < -0.4 is 25.0 Å². The Morgan fingerprint density at radius 1 is 1.14 bits per heavy atom. The molecule has 0 aliphatic carbocycles. The Bertz CT molecular complexity index is 1140. The third kappa shape index (κ3) is 5.84. The largest absolute Gasteiger partial charge is 0.495 e. The highest BCUT2D eigenvalue weighted by molar-refractivity contribution is 6.41. The van der Waals surface area contributed by atoms with Gasteiger partial charge in [0, 0.05) is 26.2 Å². The van der Waals surface area contributed by atoms with Crippen LogP contribution in [0.2, 0.25) is 10.0 Å². The van der Waals surface area contributed by atoms with E-state index in [0.29, 0.717) is 30.4 Å². The molecule has 0 aromatic heterocycles. The number of anilines is 1. The zero-order valence-electron chi connectivity index (χ0n) is 21.5. The number of guanidine groups is 1. The molecule has 2 N–H and O–H groups in total. The van der Waals surface area contributed by atoms with Crippen molar-refractivity contribution in [3.63, 3.8) is 0 Å². The van der Waals surface area contributed by atoms with E-state index in [9.17, 15) is 9.59 Å². The van der Waals surface area contributed by atoms with Crippen LogP contribution in [0, 0.1) is 0 Å². The molecule has 1 saturated heterocycles. The summed E-state index contributed by atoms with van der Waals surface area (Å²) in [5, 5.41) is 6.52. The average Bonchev–Trinajstić information content (AvgIpc) is 3.21. The number of urea groups is 1. The third-order valence-corrected chi connectivity index (χ3v) is 6.86. The maximum atomic E-state index is 13.5. The van der Waals surface area contributed by atoms with Crippen molar-refractivity contribution in [1.29, 1.82) is 0 Å². The maximum absolute atomic E-state index is 13.5. The number of halogens is 2. The Hall–Kier alpha value is -3.28. The van der Waals surface area contributed by atoms with Crippen LogP contribution in [-0.2, 0) is 4.79 Å². The molecule has 2 heterocycles. The second-order valence-corrected chi connectivity index (χ2v) is 9.43. The third-order valence-electron chi connectivity index (χ3n) is 6.12. The Balaban J connectivity index is 1.93. The van der Waals surface area contributed by atoms with E-state index in [-0.39, 0.29) is 46.2 Å². The summed E-state index contributed by atoms with van der Waals surface area (Å²) in [5.74, 6) is 0.998. The van der Waals surface area contributed by atoms with E-state index in [1.165, 1.54) is 30.1 Å². The summed E-state index contributed by atoms with van der Waals surface area (Å²) in [4.78, 5) is 38.8. The number of rotatable bonds is 7. The first-order valence-electron chi connectivity index (χ1n) is 11.3. The van der Waals surface area contributed by atoms with Crippen molar-refractivity contribution in [3.8, 4) is 11.5 Å². The number of carbonyl (C=O) groups excluding carboxylic acids is 2. The Morgan fingerprint density at radius 2 is 1.70 bits per heavy atom. The van der Waals surface area contributed by atoms with E-state index in [1.54, 1.807) is 13.1 Å². The van der Waals surface area contributed by atoms with E-state index >= 15 is 0 Å². The standard InChI is InChI=1S/C24H31Cl2N7O4/c1-8-18(34)28-14-11-31(4)12-15(14)29-23(27-3)30-22-13(2)10-33(24(35)32(22)5)21-19(25)16(36-6)9-17(37-7)20(21)26/h8-9,14-15H,1,3,10-12H2,2,4-7H3,(H,28,34)(H,29,30). The van der Waals surface area contributed by atoms with Crippen molar-refractivity contribution >= 4 is 53.5 Å². The number of amides is 3. The van der Waals surface area contributed by atoms with Gasteiger partial charge in [-0.15, -0.1) is 0 Å². The summed E-state index contributed by atoms with van der Waals surface area (Å²) in [6, 6.07) is 0.778. The summed E-state index contributed by atoms with van der Waals surface area (Å²) >= 11 is 13.1. The van der Waals surface area contributed by atoms with E-state index < -0.39 is 6.03 Å². The first-order valence-corrected chi connectivity index (χ1v) is 12.1. The molecule has 3 amide bonds. The maximum Gasteiger partial charge on any atom is 0.330 e. The molecule has 200 valence electrons. The zero-order chi connectivity index (χ0) is 27.4. The molecule has 3 rings (SSSR count). The van der Waals surface area contributed by atoms with Crippen LogP contribution in [-0.4, -0.2) is 94.4 Å². The van der Waals surface area contributed by atoms with Crippen molar-refractivity contribution < 1.29 is 19.1 Å². The number of methoxy groups -OCH3 is 2. The van der Waals surface area contributed by atoms with E-state index in [2.05, 4.69) is 38.8 Å². The number of likely N-dealkylation sites (tertiary alicyclic amines) is 1. The molecule has 13 heteroatoms. The molecule has 11 nitrogen and oxygen atoms in total. The van der Waals surface area contributed by atoms with Crippen molar-refractivity contribution in [1.82, 2.24) is 20.4 Å². The minimum atomic E-state index is -0.413. The predicted octanol–water partition coefficient (Wildman–Crippen LogP) is 2.74. The molecule has 37 heavy (non-hydrogen) atoms. The highest BCUT2D eigenvalue weighted by Crippen LogP contribution is 2.47. The molecule has 0 bridgehead atoms. The number of ether oxygens (including phenoxy) is 2. The lowest BCUT2D eigenvalue weighted by molar-refractivity contribution is -0.117. The molecule has 1 aromatic carbocycles. The smallest absolute Gasteiger partial charge is 0.330 e. The number of nitrogens with one attached hydrogen (secondary N) is 2. The first-order chi connectivity index (χ1) is 17.6. The van der Waals surface area contributed by atoms with Gasteiger partial charge in [-0.05, 0) is 32.3 Å². The number of nitrogens with zero attached hydrogens (tertiary/aromatic N) is 5. The van der Waals surface area contributed by atoms with Gasteiger partial charge in [-0.1, -0.05) is 29.8 Å². The van der Waals surface area contributed by atoms with Gasteiger partial charge in [0.15, 0.2) is 0 Å². The molecule has 1 aromatic rings. The van der Waals surface area contributed by atoms with Gasteiger partial charge >= 0.3 is 6.03 Å². The highest BCUT2D eigenvalue weighted by Gasteiger charge is 2.35. The minimum absolute atomic E-state index is 0.159. The SMILES string of the molecule is C=CC(=O)NC1CN(C)CC1N/C(N=C)=N/C1=C(C)CN(c2c(Cl)c(OC)cc(OC)c2Cl)C(=O)N1C. The fourth-order valence-corrected chi connectivity index (χ4v) is 5.01. The number of hydrogen-bond donors (Lipinski definition) is 2. The topological polar surface area (TPSA) is 111 Å². The average molecular weight is 552 g/mol. The highest BCUT2D eigenvalue weighted by atomic mass is 35.5. The molecule has 1 fully saturated rings. The van der Waals surface area contributed by atoms with Crippen molar-refractivity contribution in [2.45, 2.75) is 19.0 Å². The van der Waals surface area contributed by atoms with Gasteiger partial charge in [0.2, 0.25) is 11.9 Å². The fourth-order valence-electron chi connectivity index (χ4n) is 4.30. The van der Waals surface area contributed by atoms with Gasteiger partial charge in [-0.25, -0.2) is 9.79 Å². The normalized spacial score (nSPS) is 20.7. The second kappa shape index (κ2) is 11.8. The van der Waals surface area contributed by atoms with Crippen molar-refractivity contribution in [2.75, 3.05) is 52.8 Å². The molecule has 0 saturated carbocycles. The number of likely N-dealkylation sites (N-methyl/N-ethyl adjacent to an activating group) is 1. The van der Waals surface area contributed by atoms with Crippen LogP contribution >= 0.6 is 23.2 Å². The van der Waals surface area contributed by atoms with Crippen LogP contribution in [0.5, 0.6) is 11.5 Å². The fraction of sp³-hybridized carbons (Fsp3) is 0.417. The lowest BCUT2D eigenvalue weighted by Gasteiger charge is -2.35. The van der Waals surface area contributed by atoms with Gasteiger partial charge < -0.3 is 25.0 Å². The van der Waals surface area contributed by atoms with E-state index in [0.717, 1.165) is 5.57 Å². The number of hydrogen-bond acceptors (Lipinski definition) is 6. The number of benzene rings is 1. The lowest BCUT2D eigenvalue weighted by Crippen LogP contribution is -2.51. The zero-order valence-corrected chi connectivity index (χ0v) is 23.0. The van der Waals surface area contributed by atoms with E-state index in [4.69, 9.17) is 32.7 Å². The van der Waals surface area contributed by atoms with Gasteiger partial charge in [-0.3, -0.25) is 14.6 Å². The Labute approximate surface area is 226 Å². The Kier molecular flexibility index (Phi) is 9.06. The molecule has 2 aliphatic rings. The number of carbonyl (C=O) groups is 2. The van der Waals surface area contributed by atoms with Crippen molar-refractivity contribution in [2.24, 2.45) is 9.98 Å². The summed E-state index contributed by atoms with van der Waals surface area (Å²) in [7, 11) is 6.47. The van der Waals surface area contributed by atoms with Gasteiger partial charge in [0.25, 0.3) is 0 Å². The molecular weight excluding hydrogens is 521 g/mol. The molecule has 2 aliphatic heterocycles. The monoisotopic (exact) mass is 551 g/mol. The summed E-state index contributed by atoms with van der Waals surface area (Å²) in [6.07, 6.45) is 1.23. The van der Waals surface area contributed by atoms with Crippen LogP contribution in [0.3, 0.4) is 0 Å². The number of aliphatic imine (C=N–C) groups is 2. The summed E-state index contributed by atoms with van der Waals surface area (Å²) < 4.78 is 10.7. The Morgan fingerprint density at radius 3 is 2.22 bits per heavy atom. The van der Waals surface area contributed by atoms with Crippen LogP contribution in [0.4, 0.5) is 10.5 Å².